The number of hydrogen-bond acceptors (Lipinski definition) is 4. The van der Waals surface area contributed by atoms with Crippen LogP contribution in [0.4, 0.5) is 0 Å². The second kappa shape index (κ2) is 5.06. The number of nitrogens with zero attached hydrogens (tertiary/aromatic N) is 2. The van der Waals surface area contributed by atoms with Crippen molar-refractivity contribution in [1.29, 1.82) is 0 Å². The molecule has 2 saturated heterocycles. The zero-order chi connectivity index (χ0) is 16.1. The van der Waals surface area contributed by atoms with Crippen LogP contribution < -0.4 is 5.46 Å². The van der Waals surface area contributed by atoms with E-state index in [1.165, 1.54) is 0 Å². The summed E-state index contributed by atoms with van der Waals surface area (Å²) >= 11 is 0. The number of likely N-dealkylation sites (N-methyl/N-ethyl adjacent to an activating group) is 1. The lowest BCUT2D eigenvalue weighted by atomic mass is 9.80. The van der Waals surface area contributed by atoms with Crippen molar-refractivity contribution in [3.63, 3.8) is 0 Å². The van der Waals surface area contributed by atoms with E-state index < -0.39 is 0 Å². The Labute approximate surface area is 132 Å². The van der Waals surface area contributed by atoms with Crippen molar-refractivity contribution in [1.82, 2.24) is 9.88 Å². The third-order valence-corrected chi connectivity index (χ3v) is 5.09. The van der Waals surface area contributed by atoms with Gasteiger partial charge in [0.2, 0.25) is 5.91 Å². The van der Waals surface area contributed by atoms with Crippen molar-refractivity contribution in [2.24, 2.45) is 0 Å². The molecule has 0 bridgehead atoms. The highest BCUT2D eigenvalue weighted by atomic mass is 16.7. The summed E-state index contributed by atoms with van der Waals surface area (Å²) in [6.45, 7) is 8.88. The lowest BCUT2D eigenvalue weighted by Gasteiger charge is -2.32. The predicted molar refractivity (Wildman–Crippen MR) is 84.9 cm³/mol. The average Bonchev–Trinajstić information content (AvgIpc) is 2.87. The van der Waals surface area contributed by atoms with E-state index in [1.54, 1.807) is 11.1 Å². The molecule has 0 saturated carbocycles. The van der Waals surface area contributed by atoms with E-state index in [2.05, 4.69) is 4.98 Å². The van der Waals surface area contributed by atoms with E-state index in [4.69, 9.17) is 9.31 Å². The second-order valence-corrected chi connectivity index (χ2v) is 7.28. The van der Waals surface area contributed by atoms with Gasteiger partial charge in [-0.1, -0.05) is 6.07 Å². The van der Waals surface area contributed by atoms with Gasteiger partial charge in [0.1, 0.15) is 0 Å². The molecule has 1 aromatic heterocycles. The van der Waals surface area contributed by atoms with Crippen LogP contribution in [0.25, 0.3) is 0 Å². The molecule has 5 nitrogen and oxygen atoms in total. The number of carbonyl (C=O) groups excluding carboxylic acids is 1. The van der Waals surface area contributed by atoms with Crippen LogP contribution in [0.15, 0.2) is 18.3 Å². The van der Waals surface area contributed by atoms with Crippen LogP contribution in [0.5, 0.6) is 0 Å². The number of carbonyl (C=O) groups is 1. The molecule has 1 amide bonds. The zero-order valence-electron chi connectivity index (χ0n) is 13.9. The van der Waals surface area contributed by atoms with Crippen LogP contribution in [0, 0.1) is 0 Å². The quantitative estimate of drug-likeness (QED) is 0.773. The minimum Gasteiger partial charge on any atom is -0.399 e. The van der Waals surface area contributed by atoms with E-state index in [0.29, 0.717) is 6.42 Å². The van der Waals surface area contributed by atoms with Crippen LogP contribution in [-0.2, 0) is 14.1 Å². The molecule has 0 aromatic carbocycles. The topological polar surface area (TPSA) is 51.7 Å². The summed E-state index contributed by atoms with van der Waals surface area (Å²) in [6.07, 6.45) is 2.35. The third-order valence-electron chi connectivity index (χ3n) is 5.09. The van der Waals surface area contributed by atoms with E-state index in [9.17, 15) is 4.79 Å². The standard InChI is InChI=1S/C16H23BN2O3/c1-15(2)16(3,4)22-17(21-15)12-6-7-13(18-9-12)11-8-14(20)19(5)10-11/h6-7,9,11H,8,10H2,1-5H3. The summed E-state index contributed by atoms with van der Waals surface area (Å²) in [5, 5.41) is 0. The van der Waals surface area contributed by atoms with Gasteiger partial charge in [0.05, 0.1) is 11.2 Å². The molecule has 2 aliphatic heterocycles. The van der Waals surface area contributed by atoms with Crippen LogP contribution in [-0.4, -0.2) is 47.7 Å². The number of pyridine rings is 1. The fraction of sp³-hybridized carbons (Fsp3) is 0.625. The highest BCUT2D eigenvalue weighted by Crippen LogP contribution is 2.36. The molecule has 6 heteroatoms. The van der Waals surface area contributed by atoms with Gasteiger partial charge < -0.3 is 14.2 Å². The van der Waals surface area contributed by atoms with E-state index in [-0.39, 0.29) is 30.1 Å². The Balaban J connectivity index is 1.75. The summed E-state index contributed by atoms with van der Waals surface area (Å²) in [5.74, 6) is 0.367. The van der Waals surface area contributed by atoms with E-state index in [1.807, 2.05) is 46.9 Å². The van der Waals surface area contributed by atoms with Gasteiger partial charge in [0, 0.05) is 43.3 Å². The lowest BCUT2D eigenvalue weighted by molar-refractivity contribution is -0.126. The number of likely N-dealkylation sites (tertiary alicyclic amines) is 1. The normalized spacial score (nSPS) is 26.8. The van der Waals surface area contributed by atoms with Crippen molar-refractivity contribution < 1.29 is 14.1 Å². The number of amides is 1. The number of rotatable bonds is 2. The fourth-order valence-corrected chi connectivity index (χ4v) is 2.84. The van der Waals surface area contributed by atoms with Crippen molar-refractivity contribution in [2.75, 3.05) is 13.6 Å². The molecule has 1 unspecified atom stereocenters. The van der Waals surface area contributed by atoms with E-state index >= 15 is 0 Å². The molecule has 0 N–H and O–H groups in total. The minimum absolute atomic E-state index is 0.182. The minimum atomic E-state index is -0.389. The highest BCUT2D eigenvalue weighted by molar-refractivity contribution is 6.62. The number of hydrogen-bond donors (Lipinski definition) is 0. The van der Waals surface area contributed by atoms with Crippen molar-refractivity contribution in [2.45, 2.75) is 51.2 Å². The monoisotopic (exact) mass is 302 g/mol. The smallest absolute Gasteiger partial charge is 0.399 e. The Bertz CT molecular complexity index is 570. The Hall–Kier alpha value is -1.40. The van der Waals surface area contributed by atoms with Gasteiger partial charge >= 0.3 is 7.12 Å². The molecule has 3 rings (SSSR count). The highest BCUT2D eigenvalue weighted by Gasteiger charge is 2.51. The molecular weight excluding hydrogens is 279 g/mol. The summed E-state index contributed by atoms with van der Waals surface area (Å²) in [4.78, 5) is 17.9. The van der Waals surface area contributed by atoms with Crippen molar-refractivity contribution in [3.05, 3.63) is 24.0 Å². The van der Waals surface area contributed by atoms with Crippen molar-refractivity contribution in [3.8, 4) is 0 Å². The second-order valence-electron chi connectivity index (χ2n) is 7.28. The molecule has 0 aliphatic carbocycles. The van der Waals surface area contributed by atoms with Crippen LogP contribution in [0.1, 0.15) is 45.7 Å². The zero-order valence-corrected chi connectivity index (χ0v) is 13.9. The first-order valence-corrected chi connectivity index (χ1v) is 7.75. The Kier molecular flexibility index (Phi) is 3.57. The summed E-state index contributed by atoms with van der Waals surface area (Å²) in [5.41, 5.74) is 1.17. The molecule has 1 aromatic rings. The van der Waals surface area contributed by atoms with Gasteiger partial charge in [-0.2, -0.15) is 0 Å². The number of aromatic nitrogens is 1. The first kappa shape index (κ1) is 15.5. The molecular formula is C16H23BN2O3. The van der Waals surface area contributed by atoms with Gasteiger partial charge in [-0.25, -0.2) is 0 Å². The molecule has 0 spiro atoms. The summed E-state index contributed by atoms with van der Waals surface area (Å²) in [7, 11) is 1.44. The molecule has 0 radical (unpaired) electrons. The maximum absolute atomic E-state index is 11.6. The molecule has 2 aliphatic rings. The largest absolute Gasteiger partial charge is 0.496 e. The lowest BCUT2D eigenvalue weighted by Crippen LogP contribution is -2.41. The van der Waals surface area contributed by atoms with Gasteiger partial charge in [0.15, 0.2) is 0 Å². The molecule has 3 heterocycles. The predicted octanol–water partition coefficient (Wildman–Crippen LogP) is 1.33. The van der Waals surface area contributed by atoms with E-state index in [0.717, 1.165) is 17.7 Å². The summed E-state index contributed by atoms with van der Waals surface area (Å²) in [6, 6.07) is 3.98. The average molecular weight is 302 g/mol. The maximum Gasteiger partial charge on any atom is 0.496 e. The van der Waals surface area contributed by atoms with Gasteiger partial charge in [-0.05, 0) is 33.8 Å². The maximum atomic E-state index is 11.6. The first-order valence-electron chi connectivity index (χ1n) is 7.75. The molecule has 22 heavy (non-hydrogen) atoms. The van der Waals surface area contributed by atoms with Crippen LogP contribution in [0.3, 0.4) is 0 Å². The first-order chi connectivity index (χ1) is 10.2. The Morgan fingerprint density at radius 2 is 1.86 bits per heavy atom. The fourth-order valence-electron chi connectivity index (χ4n) is 2.84. The van der Waals surface area contributed by atoms with Gasteiger partial charge in [-0.3, -0.25) is 9.78 Å². The Morgan fingerprint density at radius 3 is 2.32 bits per heavy atom. The summed E-state index contributed by atoms with van der Waals surface area (Å²) < 4.78 is 12.0. The molecule has 118 valence electrons. The van der Waals surface area contributed by atoms with Gasteiger partial charge in [-0.15, -0.1) is 0 Å². The third kappa shape index (κ3) is 2.54. The van der Waals surface area contributed by atoms with Crippen LogP contribution >= 0.6 is 0 Å². The SMILES string of the molecule is CN1CC(c2ccc(B3OC(C)(C)C(C)(C)O3)cn2)CC1=O. The molecule has 2 fully saturated rings. The van der Waals surface area contributed by atoms with Crippen molar-refractivity contribution >= 4 is 18.5 Å². The molecule has 1 atom stereocenters. The van der Waals surface area contributed by atoms with Crippen LogP contribution in [0.2, 0.25) is 0 Å². The Morgan fingerprint density at radius 1 is 1.23 bits per heavy atom. The van der Waals surface area contributed by atoms with Gasteiger partial charge in [0.25, 0.3) is 0 Å².